The van der Waals surface area contributed by atoms with Crippen molar-refractivity contribution in [3.8, 4) is 5.75 Å². The summed E-state index contributed by atoms with van der Waals surface area (Å²) in [7, 11) is 0. The Hall–Kier alpha value is -1.96. The van der Waals surface area contributed by atoms with Crippen molar-refractivity contribution in [2.75, 3.05) is 11.9 Å². The van der Waals surface area contributed by atoms with E-state index in [9.17, 15) is 0 Å². The molecule has 2 aromatic rings. The van der Waals surface area contributed by atoms with Crippen LogP contribution in [0.15, 0.2) is 42.5 Å². The quantitative estimate of drug-likeness (QED) is 0.859. The first-order chi connectivity index (χ1) is 9.20. The Bertz CT molecular complexity index is 549. The molecule has 2 aromatic carbocycles. The van der Waals surface area contributed by atoms with Crippen LogP contribution >= 0.6 is 0 Å². The van der Waals surface area contributed by atoms with Crippen molar-refractivity contribution in [2.45, 2.75) is 27.3 Å². The fraction of sp³-hybridized carbons (Fsp3) is 0.294. The van der Waals surface area contributed by atoms with Gasteiger partial charge in [-0.25, -0.2) is 0 Å². The highest BCUT2D eigenvalue weighted by Crippen LogP contribution is 2.21. The second kappa shape index (κ2) is 6.28. The first-order valence-corrected chi connectivity index (χ1v) is 6.72. The maximum Gasteiger partial charge on any atom is 0.124 e. The molecule has 0 saturated heterocycles. The van der Waals surface area contributed by atoms with Gasteiger partial charge in [0.1, 0.15) is 5.75 Å². The molecule has 1 N–H and O–H groups in total. The van der Waals surface area contributed by atoms with Crippen LogP contribution < -0.4 is 10.1 Å². The van der Waals surface area contributed by atoms with Crippen molar-refractivity contribution in [2.24, 2.45) is 0 Å². The average molecular weight is 255 g/mol. The van der Waals surface area contributed by atoms with E-state index in [1.807, 2.05) is 25.1 Å². The molecule has 0 unspecified atom stereocenters. The lowest BCUT2D eigenvalue weighted by Gasteiger charge is -2.13. The number of hydrogen-bond donors (Lipinski definition) is 1. The summed E-state index contributed by atoms with van der Waals surface area (Å²) in [5, 5.41) is 3.48. The zero-order chi connectivity index (χ0) is 13.7. The van der Waals surface area contributed by atoms with Crippen LogP contribution in [0.5, 0.6) is 5.75 Å². The third-order valence-corrected chi connectivity index (χ3v) is 3.12. The molecule has 0 aliphatic heterocycles. The predicted molar refractivity (Wildman–Crippen MR) is 80.9 cm³/mol. The normalized spacial score (nSPS) is 10.3. The molecule has 0 saturated carbocycles. The minimum atomic E-state index is 0.695. The molecule has 0 aliphatic rings. The van der Waals surface area contributed by atoms with Crippen LogP contribution in [0.3, 0.4) is 0 Å². The summed E-state index contributed by atoms with van der Waals surface area (Å²) in [5.74, 6) is 0.960. The second-order valence-electron chi connectivity index (χ2n) is 4.71. The van der Waals surface area contributed by atoms with E-state index in [-0.39, 0.29) is 0 Å². The molecule has 0 heterocycles. The smallest absolute Gasteiger partial charge is 0.124 e. The first-order valence-electron chi connectivity index (χ1n) is 6.72. The molecular formula is C17H21NO. The van der Waals surface area contributed by atoms with E-state index in [1.165, 1.54) is 22.4 Å². The molecule has 0 bridgehead atoms. The van der Waals surface area contributed by atoms with Crippen molar-refractivity contribution < 1.29 is 4.74 Å². The molecule has 0 radical (unpaired) electrons. The van der Waals surface area contributed by atoms with Gasteiger partial charge in [-0.1, -0.05) is 35.9 Å². The first kappa shape index (κ1) is 13.5. The van der Waals surface area contributed by atoms with E-state index in [1.54, 1.807) is 0 Å². The Morgan fingerprint density at radius 1 is 1.05 bits per heavy atom. The van der Waals surface area contributed by atoms with Crippen LogP contribution in [-0.2, 0) is 6.54 Å². The lowest BCUT2D eigenvalue weighted by Crippen LogP contribution is -2.04. The lowest BCUT2D eigenvalue weighted by molar-refractivity contribution is 0.337. The molecule has 19 heavy (non-hydrogen) atoms. The van der Waals surface area contributed by atoms with Gasteiger partial charge in [-0.05, 0) is 38.5 Å². The number of benzene rings is 2. The van der Waals surface area contributed by atoms with Crippen molar-refractivity contribution in [1.29, 1.82) is 0 Å². The van der Waals surface area contributed by atoms with Crippen molar-refractivity contribution in [3.05, 3.63) is 59.2 Å². The number of hydrogen-bond acceptors (Lipinski definition) is 2. The van der Waals surface area contributed by atoms with Gasteiger partial charge in [-0.15, -0.1) is 0 Å². The number of aryl methyl sites for hydroxylation is 2. The fourth-order valence-corrected chi connectivity index (χ4v) is 2.15. The second-order valence-corrected chi connectivity index (χ2v) is 4.71. The van der Waals surface area contributed by atoms with Crippen molar-refractivity contribution >= 4 is 5.69 Å². The molecule has 2 rings (SSSR count). The Labute approximate surface area is 115 Å². The van der Waals surface area contributed by atoms with Crippen LogP contribution in [-0.4, -0.2) is 6.61 Å². The Morgan fingerprint density at radius 2 is 1.84 bits per heavy atom. The largest absolute Gasteiger partial charge is 0.494 e. The summed E-state index contributed by atoms with van der Waals surface area (Å²) in [4.78, 5) is 0. The highest BCUT2D eigenvalue weighted by molar-refractivity contribution is 5.52. The predicted octanol–water partition coefficient (Wildman–Crippen LogP) is 4.31. The van der Waals surface area contributed by atoms with E-state index in [4.69, 9.17) is 4.74 Å². The molecule has 0 atom stereocenters. The Kier molecular flexibility index (Phi) is 4.45. The molecule has 0 amide bonds. The van der Waals surface area contributed by atoms with Gasteiger partial charge in [-0.2, -0.15) is 0 Å². The summed E-state index contributed by atoms with van der Waals surface area (Å²) in [6.45, 7) is 7.72. The topological polar surface area (TPSA) is 21.3 Å². The maximum absolute atomic E-state index is 5.63. The number of nitrogens with one attached hydrogen (secondary N) is 1. The number of anilines is 1. The van der Waals surface area contributed by atoms with Crippen molar-refractivity contribution in [3.63, 3.8) is 0 Å². The van der Waals surface area contributed by atoms with Gasteiger partial charge in [0.25, 0.3) is 0 Å². The molecule has 2 heteroatoms. The Morgan fingerprint density at radius 3 is 2.58 bits per heavy atom. The monoisotopic (exact) mass is 255 g/mol. The lowest BCUT2D eigenvalue weighted by atomic mass is 10.1. The third kappa shape index (κ3) is 3.50. The molecule has 0 fully saturated rings. The summed E-state index contributed by atoms with van der Waals surface area (Å²) in [6, 6.07) is 14.6. The van der Waals surface area contributed by atoms with E-state index >= 15 is 0 Å². The molecule has 100 valence electrons. The van der Waals surface area contributed by atoms with E-state index in [2.05, 4.69) is 43.4 Å². The van der Waals surface area contributed by atoms with Crippen LogP contribution in [0, 0.1) is 13.8 Å². The van der Waals surface area contributed by atoms with Gasteiger partial charge in [0.2, 0.25) is 0 Å². The standard InChI is InChI=1S/C17H21NO/c1-4-19-17-8-6-5-7-15(17)12-18-16-10-9-13(2)11-14(16)3/h5-11,18H,4,12H2,1-3H3. The van der Waals surface area contributed by atoms with E-state index in [0.717, 1.165) is 12.3 Å². The van der Waals surface area contributed by atoms with Crippen LogP contribution in [0.1, 0.15) is 23.6 Å². The summed E-state index contributed by atoms with van der Waals surface area (Å²) >= 11 is 0. The zero-order valence-electron chi connectivity index (χ0n) is 11.9. The fourth-order valence-electron chi connectivity index (χ4n) is 2.15. The highest BCUT2D eigenvalue weighted by atomic mass is 16.5. The summed E-state index contributed by atoms with van der Waals surface area (Å²) in [5.41, 5.74) is 4.92. The number of para-hydroxylation sites is 1. The Balaban J connectivity index is 2.10. The SMILES string of the molecule is CCOc1ccccc1CNc1ccc(C)cc1C. The number of rotatable bonds is 5. The summed E-state index contributed by atoms with van der Waals surface area (Å²) < 4.78 is 5.63. The molecular weight excluding hydrogens is 234 g/mol. The van der Waals surface area contributed by atoms with Crippen LogP contribution in [0.2, 0.25) is 0 Å². The molecule has 0 aliphatic carbocycles. The van der Waals surface area contributed by atoms with E-state index in [0.29, 0.717) is 6.61 Å². The van der Waals surface area contributed by atoms with Gasteiger partial charge in [0.15, 0.2) is 0 Å². The minimum absolute atomic E-state index is 0.695. The number of ether oxygens (including phenoxy) is 1. The highest BCUT2D eigenvalue weighted by Gasteiger charge is 2.03. The van der Waals surface area contributed by atoms with Gasteiger partial charge < -0.3 is 10.1 Å². The molecule has 0 spiro atoms. The third-order valence-electron chi connectivity index (χ3n) is 3.12. The van der Waals surface area contributed by atoms with Crippen LogP contribution in [0.25, 0.3) is 0 Å². The van der Waals surface area contributed by atoms with Crippen molar-refractivity contribution in [1.82, 2.24) is 0 Å². The minimum Gasteiger partial charge on any atom is -0.494 e. The average Bonchev–Trinajstić information content (AvgIpc) is 2.40. The van der Waals surface area contributed by atoms with Gasteiger partial charge >= 0.3 is 0 Å². The maximum atomic E-state index is 5.63. The van der Waals surface area contributed by atoms with Gasteiger partial charge in [-0.3, -0.25) is 0 Å². The van der Waals surface area contributed by atoms with Gasteiger partial charge in [0, 0.05) is 17.8 Å². The van der Waals surface area contributed by atoms with Gasteiger partial charge in [0.05, 0.1) is 6.61 Å². The molecule has 2 nitrogen and oxygen atoms in total. The molecule has 0 aromatic heterocycles. The summed E-state index contributed by atoms with van der Waals surface area (Å²) in [6.07, 6.45) is 0. The zero-order valence-corrected chi connectivity index (χ0v) is 11.9. The van der Waals surface area contributed by atoms with E-state index < -0.39 is 0 Å². The van der Waals surface area contributed by atoms with Crippen LogP contribution in [0.4, 0.5) is 5.69 Å².